The summed E-state index contributed by atoms with van der Waals surface area (Å²) in [5.74, 6) is -6.99. The largest absolute Gasteiger partial charge is 0.504 e. The number of nitrogens with one attached hydrogen (secondary N) is 1. The average Bonchev–Trinajstić information content (AvgIpc) is 3.55. The van der Waals surface area contributed by atoms with Gasteiger partial charge in [-0.2, -0.15) is 13.8 Å². The molecule has 0 radical (unpaired) electrons. The molecule has 2 heterocycles. The number of phenols is 1. The van der Waals surface area contributed by atoms with Gasteiger partial charge in [-0.25, -0.2) is 9.78 Å². The van der Waals surface area contributed by atoms with Crippen molar-refractivity contribution in [1.82, 2.24) is 14.5 Å². The molecule has 2 aromatic heterocycles. The molecule has 0 aliphatic heterocycles. The molecule has 0 aliphatic carbocycles. The lowest BCUT2D eigenvalue weighted by Gasteiger charge is -2.17. The zero-order chi connectivity index (χ0) is 35.8. The standard InChI is InChI=1S/C34H31F2N5O9/c1-41-11-10-39-31(41)20-4-3-5-22(16-20)48-32-27(35)29(28(36)33(40-32)50-25-17-19(30(37)38)6-8-23(25)43)49-24-9-7-21(18-26(24)45-2)34(44)47-15-14-46-13-12-42/h3-11,16-18,42-43H,12-15H2,1-2H3,(H3,37,38). The van der Waals surface area contributed by atoms with Crippen molar-refractivity contribution >= 4 is 11.8 Å². The second-order valence-electron chi connectivity index (χ2n) is 10.3. The third-order valence-corrected chi connectivity index (χ3v) is 6.89. The van der Waals surface area contributed by atoms with Crippen LogP contribution in [0.2, 0.25) is 0 Å². The van der Waals surface area contributed by atoms with Gasteiger partial charge in [-0.05, 0) is 48.5 Å². The Kier molecular flexibility index (Phi) is 11.0. The first-order valence-electron chi connectivity index (χ1n) is 14.8. The van der Waals surface area contributed by atoms with Crippen LogP contribution in [0.5, 0.6) is 46.3 Å². The number of pyridine rings is 1. The zero-order valence-corrected chi connectivity index (χ0v) is 26.7. The van der Waals surface area contributed by atoms with Crippen LogP contribution in [-0.2, 0) is 16.5 Å². The fraction of sp³-hybridized carbons (Fsp3) is 0.176. The fourth-order valence-electron chi connectivity index (χ4n) is 4.46. The number of amidine groups is 1. The van der Waals surface area contributed by atoms with Crippen LogP contribution >= 0.6 is 0 Å². The lowest BCUT2D eigenvalue weighted by Crippen LogP contribution is -2.12. The number of esters is 1. The first-order valence-corrected chi connectivity index (χ1v) is 14.8. The summed E-state index contributed by atoms with van der Waals surface area (Å²) < 4.78 is 66.5. The van der Waals surface area contributed by atoms with Gasteiger partial charge in [0, 0.05) is 30.6 Å². The Morgan fingerprint density at radius 1 is 0.920 bits per heavy atom. The van der Waals surface area contributed by atoms with Crippen LogP contribution < -0.4 is 24.7 Å². The lowest BCUT2D eigenvalue weighted by molar-refractivity contribution is 0.0258. The summed E-state index contributed by atoms with van der Waals surface area (Å²) in [6.07, 6.45) is 3.35. The van der Waals surface area contributed by atoms with E-state index in [9.17, 15) is 9.90 Å². The molecule has 0 unspecified atom stereocenters. The summed E-state index contributed by atoms with van der Waals surface area (Å²) >= 11 is 0. The lowest BCUT2D eigenvalue weighted by atomic mass is 10.2. The van der Waals surface area contributed by atoms with Gasteiger partial charge >= 0.3 is 5.97 Å². The minimum Gasteiger partial charge on any atom is -0.504 e. The maximum absolute atomic E-state index is 16.1. The van der Waals surface area contributed by atoms with E-state index in [0.29, 0.717) is 11.4 Å². The Hall–Kier alpha value is -6.26. The number of imidazole rings is 1. The number of aliphatic hydroxyl groups excluding tert-OH is 1. The van der Waals surface area contributed by atoms with Gasteiger partial charge in [0.2, 0.25) is 17.4 Å². The predicted octanol–water partition coefficient (Wildman–Crippen LogP) is 5.30. The highest BCUT2D eigenvalue weighted by Crippen LogP contribution is 2.43. The van der Waals surface area contributed by atoms with Crippen LogP contribution in [0, 0.1) is 17.0 Å². The number of aliphatic hydroxyl groups is 1. The van der Waals surface area contributed by atoms with Gasteiger partial charge in [-0.15, -0.1) is 0 Å². The molecule has 0 bridgehead atoms. The highest BCUT2D eigenvalue weighted by molar-refractivity contribution is 5.95. The van der Waals surface area contributed by atoms with Crippen molar-refractivity contribution in [2.24, 2.45) is 12.8 Å². The number of hydrogen-bond donors (Lipinski definition) is 4. The number of carbonyl (C=O) groups excluding carboxylic acids is 1. The third-order valence-electron chi connectivity index (χ3n) is 6.89. The molecule has 0 spiro atoms. The molecular formula is C34H31F2N5O9. The van der Waals surface area contributed by atoms with Gasteiger partial charge < -0.3 is 48.9 Å². The van der Waals surface area contributed by atoms with E-state index in [0.717, 1.165) is 0 Å². The number of phenolic OH excluding ortho intramolecular Hbond substituents is 1. The van der Waals surface area contributed by atoms with Crippen LogP contribution in [0.15, 0.2) is 73.1 Å². The van der Waals surface area contributed by atoms with Crippen LogP contribution in [-0.4, -0.2) is 70.1 Å². The van der Waals surface area contributed by atoms with Crippen LogP contribution in [0.1, 0.15) is 15.9 Å². The average molecular weight is 692 g/mol. The molecule has 0 saturated heterocycles. The van der Waals surface area contributed by atoms with Crippen molar-refractivity contribution < 1.29 is 52.2 Å². The van der Waals surface area contributed by atoms with Gasteiger partial charge in [-0.3, -0.25) is 5.41 Å². The number of hydrogen-bond acceptors (Lipinski definition) is 12. The van der Waals surface area contributed by atoms with Gasteiger partial charge in [-0.1, -0.05) is 12.1 Å². The van der Waals surface area contributed by atoms with E-state index in [4.69, 9.17) is 44.7 Å². The number of rotatable bonds is 15. The van der Waals surface area contributed by atoms with E-state index in [1.165, 1.54) is 49.6 Å². The summed E-state index contributed by atoms with van der Waals surface area (Å²) in [4.78, 5) is 20.7. The number of methoxy groups -OCH3 is 1. The molecule has 5 N–H and O–H groups in total. The van der Waals surface area contributed by atoms with E-state index in [1.54, 1.807) is 42.2 Å². The molecule has 0 atom stereocenters. The first kappa shape index (κ1) is 35.1. The summed E-state index contributed by atoms with van der Waals surface area (Å²) in [6.45, 7) is -0.123. The van der Waals surface area contributed by atoms with Crippen molar-refractivity contribution in [1.29, 1.82) is 5.41 Å². The normalized spacial score (nSPS) is 10.8. The van der Waals surface area contributed by atoms with Gasteiger partial charge in [0.1, 0.15) is 24.0 Å². The van der Waals surface area contributed by atoms with Crippen molar-refractivity contribution in [2.45, 2.75) is 0 Å². The van der Waals surface area contributed by atoms with E-state index in [1.807, 2.05) is 0 Å². The quantitative estimate of drug-likeness (QED) is 0.0480. The Morgan fingerprint density at radius 2 is 1.66 bits per heavy atom. The van der Waals surface area contributed by atoms with Crippen molar-refractivity contribution in [3.05, 3.63) is 95.8 Å². The molecule has 0 saturated carbocycles. The summed E-state index contributed by atoms with van der Waals surface area (Å²) in [5.41, 5.74) is 6.35. The fourth-order valence-corrected chi connectivity index (χ4v) is 4.46. The Balaban J connectivity index is 1.52. The van der Waals surface area contributed by atoms with Crippen molar-refractivity contribution in [2.75, 3.05) is 33.5 Å². The topological polar surface area (TPSA) is 193 Å². The maximum atomic E-state index is 16.1. The van der Waals surface area contributed by atoms with Gasteiger partial charge in [0.05, 0.1) is 32.5 Å². The number of nitrogens with zero attached hydrogens (tertiary/aromatic N) is 3. The van der Waals surface area contributed by atoms with E-state index in [-0.39, 0.29) is 66.4 Å². The number of halogens is 2. The minimum atomic E-state index is -1.43. The number of benzene rings is 3. The maximum Gasteiger partial charge on any atom is 0.338 e. The van der Waals surface area contributed by atoms with Crippen LogP contribution in [0.3, 0.4) is 0 Å². The van der Waals surface area contributed by atoms with Crippen LogP contribution in [0.4, 0.5) is 8.78 Å². The zero-order valence-electron chi connectivity index (χ0n) is 26.7. The third kappa shape index (κ3) is 8.05. The second-order valence-corrected chi connectivity index (χ2v) is 10.3. The van der Waals surface area contributed by atoms with E-state index in [2.05, 4.69) is 9.97 Å². The Labute approximate surface area is 283 Å². The highest BCUT2D eigenvalue weighted by Gasteiger charge is 2.28. The molecule has 14 nitrogen and oxygen atoms in total. The number of nitrogens with two attached hydrogens (primary N) is 1. The number of aryl methyl sites for hydroxylation is 1. The molecular weight excluding hydrogens is 660 g/mol. The Bertz CT molecular complexity index is 2020. The molecule has 3 aromatic carbocycles. The molecule has 5 rings (SSSR count). The molecule has 5 aromatic rings. The number of ether oxygens (including phenoxy) is 6. The number of aromatic nitrogens is 3. The smallest absolute Gasteiger partial charge is 0.338 e. The van der Waals surface area contributed by atoms with Crippen molar-refractivity contribution in [3.8, 4) is 57.6 Å². The van der Waals surface area contributed by atoms with Gasteiger partial charge in [0.15, 0.2) is 23.0 Å². The predicted molar refractivity (Wildman–Crippen MR) is 173 cm³/mol. The highest BCUT2D eigenvalue weighted by atomic mass is 19.1. The van der Waals surface area contributed by atoms with Crippen LogP contribution in [0.25, 0.3) is 11.4 Å². The summed E-state index contributed by atoms with van der Waals surface area (Å²) in [7, 11) is 3.04. The summed E-state index contributed by atoms with van der Waals surface area (Å²) in [6, 6.07) is 13.9. The molecule has 0 fully saturated rings. The van der Waals surface area contributed by atoms with E-state index < -0.39 is 40.9 Å². The first-order chi connectivity index (χ1) is 24.1. The SMILES string of the molecule is COc1cc(C(=O)OCCOCCO)ccc1Oc1c(F)c(Oc2cccc(-c3nccn3C)c2)nc(Oc2cc(C(=N)N)ccc2O)c1F. The summed E-state index contributed by atoms with van der Waals surface area (Å²) in [5, 5.41) is 26.9. The molecule has 16 heteroatoms. The van der Waals surface area contributed by atoms with E-state index >= 15 is 8.78 Å². The molecule has 50 heavy (non-hydrogen) atoms. The Morgan fingerprint density at radius 3 is 2.36 bits per heavy atom. The number of nitrogen functional groups attached to an aromatic ring is 1. The monoisotopic (exact) mass is 691 g/mol. The molecule has 260 valence electrons. The second kappa shape index (κ2) is 15.8. The molecule has 0 amide bonds. The van der Waals surface area contributed by atoms with Gasteiger partial charge in [0.25, 0.3) is 11.8 Å². The number of aromatic hydroxyl groups is 1. The number of carbonyl (C=O) groups is 1. The molecule has 0 aliphatic rings. The van der Waals surface area contributed by atoms with Crippen molar-refractivity contribution in [3.63, 3.8) is 0 Å². The minimum absolute atomic E-state index is 0.0356.